The first kappa shape index (κ1) is 21.6. The zero-order valence-corrected chi connectivity index (χ0v) is 16.1. The van der Waals surface area contributed by atoms with Gasteiger partial charge in [-0.15, -0.1) is 0 Å². The summed E-state index contributed by atoms with van der Waals surface area (Å²) in [6, 6.07) is 7.17. The molecule has 0 radical (unpaired) electrons. The summed E-state index contributed by atoms with van der Waals surface area (Å²) in [5.74, 6) is -9.72. The zero-order chi connectivity index (χ0) is 21.0. The molecule has 1 atom stereocenters. The minimum absolute atomic E-state index is 0.295. The second kappa shape index (κ2) is 9.01. The van der Waals surface area contributed by atoms with Gasteiger partial charge in [-0.3, -0.25) is 10.1 Å². The fraction of sp³-hybridized carbons (Fsp3) is 0.263. The lowest BCUT2D eigenvalue weighted by atomic mass is 9.99. The van der Waals surface area contributed by atoms with Crippen molar-refractivity contribution in [3.8, 4) is 5.75 Å². The van der Waals surface area contributed by atoms with Crippen molar-refractivity contribution in [3.63, 3.8) is 0 Å². The molecular formula is C19H18F4N2O2S. The van der Waals surface area contributed by atoms with Crippen molar-refractivity contribution in [1.82, 2.24) is 5.32 Å². The van der Waals surface area contributed by atoms with E-state index in [0.29, 0.717) is 11.6 Å². The Bertz CT molecular complexity index is 875. The van der Waals surface area contributed by atoms with Gasteiger partial charge in [0.1, 0.15) is 5.56 Å². The van der Waals surface area contributed by atoms with Gasteiger partial charge in [0.2, 0.25) is 11.6 Å². The number of nitrogens with one attached hydrogen (secondary N) is 2. The molecule has 0 unspecified atom stereocenters. The molecule has 0 saturated heterocycles. The Morgan fingerprint density at radius 3 is 2.07 bits per heavy atom. The minimum atomic E-state index is -1.88. The number of methoxy groups -OCH3 is 1. The second-order valence-electron chi connectivity index (χ2n) is 6.00. The van der Waals surface area contributed by atoms with Crippen LogP contribution in [0.15, 0.2) is 24.3 Å². The monoisotopic (exact) mass is 414 g/mol. The number of thiocarbonyl (C=S) groups is 1. The third-order valence-corrected chi connectivity index (χ3v) is 4.44. The summed E-state index contributed by atoms with van der Waals surface area (Å²) in [4.78, 5) is 12.1. The van der Waals surface area contributed by atoms with E-state index in [1.807, 2.05) is 17.4 Å². The molecule has 150 valence electrons. The lowest BCUT2D eigenvalue weighted by Crippen LogP contribution is -2.35. The molecule has 0 aliphatic carbocycles. The number of hydrogen-bond acceptors (Lipinski definition) is 3. The number of rotatable bonds is 5. The van der Waals surface area contributed by atoms with E-state index < -0.39 is 40.5 Å². The van der Waals surface area contributed by atoms with Crippen LogP contribution >= 0.6 is 12.2 Å². The quantitative estimate of drug-likeness (QED) is 0.416. The average molecular weight is 414 g/mol. The zero-order valence-electron chi connectivity index (χ0n) is 15.3. The third kappa shape index (κ3) is 4.41. The van der Waals surface area contributed by atoms with Gasteiger partial charge in [-0.2, -0.15) is 8.78 Å². The predicted molar refractivity (Wildman–Crippen MR) is 102 cm³/mol. The largest absolute Gasteiger partial charge is 0.491 e. The molecule has 0 spiro atoms. The van der Waals surface area contributed by atoms with Crippen molar-refractivity contribution in [1.29, 1.82) is 0 Å². The molecule has 2 rings (SSSR count). The number of benzene rings is 2. The molecule has 0 heterocycles. The first-order valence-electron chi connectivity index (χ1n) is 8.33. The lowest BCUT2D eigenvalue weighted by Gasteiger charge is -2.14. The van der Waals surface area contributed by atoms with Gasteiger partial charge in [0.15, 0.2) is 22.5 Å². The fourth-order valence-electron chi connectivity index (χ4n) is 2.45. The summed E-state index contributed by atoms with van der Waals surface area (Å²) in [5.41, 5.74) is 0.189. The van der Waals surface area contributed by atoms with Crippen LogP contribution in [0.1, 0.15) is 42.1 Å². The number of amides is 1. The van der Waals surface area contributed by atoms with Gasteiger partial charge in [0.25, 0.3) is 5.91 Å². The van der Waals surface area contributed by atoms with Gasteiger partial charge in [-0.25, -0.2) is 8.78 Å². The first-order valence-corrected chi connectivity index (χ1v) is 8.74. The molecule has 2 N–H and O–H groups in total. The number of halogens is 4. The average Bonchev–Trinajstić information content (AvgIpc) is 2.67. The van der Waals surface area contributed by atoms with Crippen molar-refractivity contribution in [3.05, 3.63) is 58.7 Å². The van der Waals surface area contributed by atoms with Crippen molar-refractivity contribution in [2.24, 2.45) is 0 Å². The van der Waals surface area contributed by atoms with Crippen molar-refractivity contribution < 1.29 is 27.1 Å². The van der Waals surface area contributed by atoms with E-state index in [1.165, 1.54) is 0 Å². The fourth-order valence-corrected chi connectivity index (χ4v) is 2.66. The van der Waals surface area contributed by atoms with Crippen LogP contribution in [0.4, 0.5) is 23.2 Å². The highest BCUT2D eigenvalue weighted by Crippen LogP contribution is 2.29. The Morgan fingerprint density at radius 1 is 1.07 bits per heavy atom. The van der Waals surface area contributed by atoms with Crippen LogP contribution in [0.2, 0.25) is 0 Å². The van der Waals surface area contributed by atoms with E-state index in [-0.39, 0.29) is 5.11 Å². The molecule has 28 heavy (non-hydrogen) atoms. The van der Waals surface area contributed by atoms with E-state index in [9.17, 15) is 22.4 Å². The Labute approximate surface area is 164 Å². The maximum absolute atomic E-state index is 14.0. The summed E-state index contributed by atoms with van der Waals surface area (Å²) < 4.78 is 59.7. The maximum atomic E-state index is 14.0. The number of carbonyl (C=O) groups excluding carboxylic acids is 1. The summed E-state index contributed by atoms with van der Waals surface area (Å²) in [7, 11) is 0.839. The molecule has 0 aromatic heterocycles. The van der Waals surface area contributed by atoms with Crippen molar-refractivity contribution in [2.45, 2.75) is 26.2 Å². The smallest absolute Gasteiger partial charge is 0.263 e. The van der Waals surface area contributed by atoms with Gasteiger partial charge in [-0.05, 0) is 42.3 Å². The molecule has 0 fully saturated rings. The van der Waals surface area contributed by atoms with E-state index in [2.05, 4.69) is 23.9 Å². The molecule has 2 aromatic rings. The first-order chi connectivity index (χ1) is 13.2. The van der Waals surface area contributed by atoms with Crippen LogP contribution < -0.4 is 15.4 Å². The molecule has 0 aliphatic heterocycles. The molecule has 9 heteroatoms. The standard InChI is InChI=1S/C19H18F4N2O2S/c1-4-9(2)10-5-7-11(8-6-10)24-19(28)25-18(26)12-13(20)15(22)17(27-3)16(23)14(12)21/h5-9H,4H2,1-3H3,(H2,24,25,26,28)/t9-/m1/s1. The lowest BCUT2D eigenvalue weighted by molar-refractivity contribution is 0.0966. The van der Waals surface area contributed by atoms with E-state index in [1.54, 1.807) is 12.1 Å². The van der Waals surface area contributed by atoms with E-state index in [0.717, 1.165) is 19.1 Å². The van der Waals surface area contributed by atoms with Gasteiger partial charge in [0, 0.05) is 5.69 Å². The Kier molecular flexibility index (Phi) is 6.95. The Morgan fingerprint density at radius 2 is 1.61 bits per heavy atom. The Hall–Kier alpha value is -2.68. The van der Waals surface area contributed by atoms with Crippen molar-refractivity contribution in [2.75, 3.05) is 12.4 Å². The third-order valence-electron chi connectivity index (χ3n) is 4.23. The van der Waals surface area contributed by atoms with E-state index in [4.69, 9.17) is 12.2 Å². The molecule has 1 amide bonds. The number of hydrogen-bond donors (Lipinski definition) is 2. The van der Waals surface area contributed by atoms with Gasteiger partial charge in [-0.1, -0.05) is 26.0 Å². The predicted octanol–water partition coefficient (Wildman–Crippen LogP) is 4.89. The van der Waals surface area contributed by atoms with Crippen LogP contribution in [0.25, 0.3) is 0 Å². The van der Waals surface area contributed by atoms with Crippen LogP contribution in [0.5, 0.6) is 5.75 Å². The summed E-state index contributed by atoms with van der Waals surface area (Å²) in [5, 5.41) is 4.36. The van der Waals surface area contributed by atoms with Crippen molar-refractivity contribution >= 4 is 28.9 Å². The SMILES string of the molecule is CC[C@@H](C)c1ccc(NC(=S)NC(=O)c2c(F)c(F)c(OC)c(F)c2F)cc1. The second-order valence-corrected chi connectivity index (χ2v) is 6.41. The molecule has 0 aliphatic rings. The highest BCUT2D eigenvalue weighted by atomic mass is 32.1. The topological polar surface area (TPSA) is 50.4 Å². The maximum Gasteiger partial charge on any atom is 0.263 e. The van der Waals surface area contributed by atoms with Gasteiger partial charge in [0.05, 0.1) is 7.11 Å². The van der Waals surface area contributed by atoms with Gasteiger partial charge < -0.3 is 10.1 Å². The normalized spacial score (nSPS) is 11.7. The highest BCUT2D eigenvalue weighted by molar-refractivity contribution is 7.80. The molecule has 4 nitrogen and oxygen atoms in total. The molecule has 0 saturated carbocycles. The number of carbonyl (C=O) groups is 1. The Balaban J connectivity index is 2.16. The molecule has 2 aromatic carbocycles. The highest BCUT2D eigenvalue weighted by Gasteiger charge is 2.30. The van der Waals surface area contributed by atoms with E-state index >= 15 is 0 Å². The minimum Gasteiger partial charge on any atom is -0.491 e. The summed E-state index contributed by atoms with van der Waals surface area (Å²) in [6.07, 6.45) is 0.966. The summed E-state index contributed by atoms with van der Waals surface area (Å²) in [6.45, 7) is 4.13. The number of ether oxygens (including phenoxy) is 1. The number of anilines is 1. The van der Waals surface area contributed by atoms with Crippen LogP contribution in [0.3, 0.4) is 0 Å². The summed E-state index contributed by atoms with van der Waals surface area (Å²) >= 11 is 4.92. The molecule has 0 bridgehead atoms. The van der Waals surface area contributed by atoms with Gasteiger partial charge >= 0.3 is 0 Å². The van der Waals surface area contributed by atoms with Crippen LogP contribution in [-0.4, -0.2) is 18.1 Å². The molecular weight excluding hydrogens is 396 g/mol. The van der Waals surface area contributed by atoms with Crippen LogP contribution in [-0.2, 0) is 0 Å². The van der Waals surface area contributed by atoms with Crippen LogP contribution in [0, 0.1) is 23.3 Å².